The number of halogens is 2. The van der Waals surface area contributed by atoms with E-state index in [4.69, 9.17) is 0 Å². The summed E-state index contributed by atoms with van der Waals surface area (Å²) in [5.41, 5.74) is -0.423. The highest BCUT2D eigenvalue weighted by molar-refractivity contribution is 5.77. The molecule has 0 radical (unpaired) electrons. The van der Waals surface area contributed by atoms with Gasteiger partial charge in [0.05, 0.1) is 6.61 Å². The van der Waals surface area contributed by atoms with Crippen molar-refractivity contribution in [3.63, 3.8) is 0 Å². The molecule has 1 aromatic rings. The van der Waals surface area contributed by atoms with Crippen LogP contribution in [0.25, 0.3) is 0 Å². The topological polar surface area (TPSA) is 55.7 Å². The van der Waals surface area contributed by atoms with E-state index in [0.29, 0.717) is 0 Å². The summed E-state index contributed by atoms with van der Waals surface area (Å²) in [5, 5.41) is 2.45. The molecule has 0 saturated carbocycles. The Morgan fingerprint density at radius 1 is 1.50 bits per heavy atom. The molecule has 0 aromatic heterocycles. The van der Waals surface area contributed by atoms with Gasteiger partial charge in [-0.3, -0.25) is 0 Å². The van der Waals surface area contributed by atoms with Gasteiger partial charge in [-0.05, 0) is 18.2 Å². The summed E-state index contributed by atoms with van der Waals surface area (Å²) < 4.78 is 30.6. The van der Waals surface area contributed by atoms with Crippen LogP contribution in [0.1, 0.15) is 18.5 Å². The van der Waals surface area contributed by atoms with Crippen LogP contribution in [-0.4, -0.2) is 12.6 Å². The molecule has 1 atom stereocenters. The van der Waals surface area contributed by atoms with Gasteiger partial charge in [0, 0.05) is 5.56 Å². The van der Waals surface area contributed by atoms with Crippen molar-refractivity contribution < 1.29 is 18.3 Å². The summed E-state index contributed by atoms with van der Waals surface area (Å²) in [4.78, 5) is 21.7. The predicted octanol–water partition coefficient (Wildman–Crippen LogP) is 2.34. The van der Waals surface area contributed by atoms with Gasteiger partial charge in [-0.15, -0.1) is 4.91 Å². The van der Waals surface area contributed by atoms with Crippen molar-refractivity contribution in [2.45, 2.75) is 13.0 Å². The van der Waals surface area contributed by atoms with E-state index in [0.717, 1.165) is 12.1 Å². The molecule has 0 aliphatic carbocycles. The van der Waals surface area contributed by atoms with E-state index >= 15 is 0 Å². The Hall–Kier alpha value is -1.85. The highest BCUT2D eigenvalue weighted by Crippen LogP contribution is 2.23. The number of benzene rings is 1. The highest BCUT2D eigenvalue weighted by Gasteiger charge is 2.27. The molecule has 4 nitrogen and oxygen atoms in total. The molecule has 0 bridgehead atoms. The molecule has 1 aromatic carbocycles. The van der Waals surface area contributed by atoms with Crippen LogP contribution in [0, 0.1) is 16.5 Å². The average Bonchev–Trinajstić information content (AvgIpc) is 2.25. The standard InChI is InChI=1S/C10H9F2NO3/c1-2-16-10(14)9(13-15)6-4-3-5-7(11)8(6)12/h3-5,9H,2H2,1H3. The largest absolute Gasteiger partial charge is 0.464 e. The van der Waals surface area contributed by atoms with Crippen LogP contribution in [0.4, 0.5) is 8.78 Å². The summed E-state index contributed by atoms with van der Waals surface area (Å²) in [6.07, 6.45) is 0. The molecule has 6 heteroatoms. The predicted molar refractivity (Wildman–Crippen MR) is 51.5 cm³/mol. The fourth-order valence-electron chi connectivity index (χ4n) is 1.18. The first-order valence-corrected chi connectivity index (χ1v) is 4.54. The van der Waals surface area contributed by atoms with Gasteiger partial charge in [-0.2, -0.15) is 0 Å². The molecule has 0 amide bonds. The second-order valence-corrected chi connectivity index (χ2v) is 2.90. The van der Waals surface area contributed by atoms with Gasteiger partial charge in [-0.25, -0.2) is 13.6 Å². The number of hydrogen-bond donors (Lipinski definition) is 0. The number of ether oxygens (including phenoxy) is 1. The molecule has 16 heavy (non-hydrogen) atoms. The Balaban J connectivity index is 3.09. The molecule has 1 unspecified atom stereocenters. The van der Waals surface area contributed by atoms with Crippen molar-refractivity contribution in [2.24, 2.45) is 5.18 Å². The first-order chi connectivity index (χ1) is 7.61. The van der Waals surface area contributed by atoms with Crippen LogP contribution < -0.4 is 0 Å². The molecule has 0 spiro atoms. The molecule has 0 N–H and O–H groups in total. The number of rotatable bonds is 4. The minimum absolute atomic E-state index is 0.0296. The normalized spacial score (nSPS) is 11.9. The molecule has 0 aliphatic heterocycles. The van der Waals surface area contributed by atoms with Crippen molar-refractivity contribution in [3.8, 4) is 0 Å². The average molecular weight is 229 g/mol. The van der Waals surface area contributed by atoms with Crippen molar-refractivity contribution in [1.82, 2.24) is 0 Å². The number of esters is 1. The fourth-order valence-corrected chi connectivity index (χ4v) is 1.18. The van der Waals surface area contributed by atoms with E-state index in [9.17, 15) is 18.5 Å². The molecule has 0 saturated heterocycles. The smallest absolute Gasteiger partial charge is 0.339 e. The van der Waals surface area contributed by atoms with E-state index in [1.807, 2.05) is 0 Å². The van der Waals surface area contributed by atoms with Gasteiger partial charge in [0.15, 0.2) is 11.6 Å². The Morgan fingerprint density at radius 3 is 2.75 bits per heavy atom. The molecule has 0 fully saturated rings. The zero-order valence-corrected chi connectivity index (χ0v) is 8.44. The van der Waals surface area contributed by atoms with Crippen LogP contribution in [0.2, 0.25) is 0 Å². The highest BCUT2D eigenvalue weighted by atomic mass is 19.2. The van der Waals surface area contributed by atoms with Gasteiger partial charge in [-0.1, -0.05) is 12.1 Å². The Kier molecular flexibility index (Phi) is 4.04. The van der Waals surface area contributed by atoms with Crippen molar-refractivity contribution >= 4 is 5.97 Å². The van der Waals surface area contributed by atoms with Gasteiger partial charge in [0.1, 0.15) is 0 Å². The first kappa shape index (κ1) is 12.2. The Bertz CT molecular complexity index is 409. The number of nitroso groups, excluding NO2 is 1. The van der Waals surface area contributed by atoms with Gasteiger partial charge in [0.2, 0.25) is 6.04 Å². The maximum Gasteiger partial charge on any atom is 0.339 e. The Labute approximate surface area is 90.2 Å². The maximum absolute atomic E-state index is 13.3. The van der Waals surface area contributed by atoms with E-state index in [1.165, 1.54) is 13.0 Å². The lowest BCUT2D eigenvalue weighted by atomic mass is 10.1. The lowest BCUT2D eigenvalue weighted by Crippen LogP contribution is -2.15. The van der Waals surface area contributed by atoms with Crippen LogP contribution >= 0.6 is 0 Å². The molecule has 86 valence electrons. The van der Waals surface area contributed by atoms with Crippen LogP contribution in [0.5, 0.6) is 0 Å². The van der Waals surface area contributed by atoms with Crippen LogP contribution in [-0.2, 0) is 9.53 Å². The van der Waals surface area contributed by atoms with E-state index in [1.54, 1.807) is 0 Å². The number of carbonyl (C=O) groups excluding carboxylic acids is 1. The quantitative estimate of drug-likeness (QED) is 0.588. The molecule has 1 rings (SSSR count). The van der Waals surface area contributed by atoms with E-state index in [-0.39, 0.29) is 6.61 Å². The summed E-state index contributed by atoms with van der Waals surface area (Å²) in [5.74, 6) is -3.40. The monoisotopic (exact) mass is 229 g/mol. The second-order valence-electron chi connectivity index (χ2n) is 2.90. The maximum atomic E-state index is 13.3. The number of nitrogens with zero attached hydrogens (tertiary/aromatic N) is 1. The van der Waals surface area contributed by atoms with E-state index < -0.39 is 29.2 Å². The third kappa shape index (κ3) is 2.39. The van der Waals surface area contributed by atoms with Crippen molar-refractivity contribution in [1.29, 1.82) is 0 Å². The minimum atomic E-state index is -1.67. The molecular formula is C10H9F2NO3. The summed E-state index contributed by atoms with van der Waals surface area (Å²) in [6.45, 7) is 1.56. The summed E-state index contributed by atoms with van der Waals surface area (Å²) in [7, 11) is 0. The molecule has 0 heterocycles. The van der Waals surface area contributed by atoms with Gasteiger partial charge >= 0.3 is 5.97 Å². The van der Waals surface area contributed by atoms with Crippen molar-refractivity contribution in [3.05, 3.63) is 40.3 Å². The number of carbonyl (C=O) groups is 1. The zero-order chi connectivity index (χ0) is 12.1. The fraction of sp³-hybridized carbons (Fsp3) is 0.300. The van der Waals surface area contributed by atoms with Gasteiger partial charge < -0.3 is 4.74 Å². The zero-order valence-electron chi connectivity index (χ0n) is 8.44. The number of hydrogen-bond acceptors (Lipinski definition) is 4. The summed E-state index contributed by atoms with van der Waals surface area (Å²) >= 11 is 0. The minimum Gasteiger partial charge on any atom is -0.464 e. The van der Waals surface area contributed by atoms with Crippen LogP contribution in [0.15, 0.2) is 23.4 Å². The third-order valence-electron chi connectivity index (χ3n) is 1.89. The second kappa shape index (κ2) is 5.29. The van der Waals surface area contributed by atoms with Gasteiger partial charge in [0.25, 0.3) is 0 Å². The molecule has 0 aliphatic rings. The van der Waals surface area contributed by atoms with Crippen LogP contribution in [0.3, 0.4) is 0 Å². The summed E-state index contributed by atoms with van der Waals surface area (Å²) in [6, 6.07) is 1.51. The SMILES string of the molecule is CCOC(=O)C(N=O)c1cccc(F)c1F. The Morgan fingerprint density at radius 2 is 2.19 bits per heavy atom. The van der Waals surface area contributed by atoms with Crippen molar-refractivity contribution in [2.75, 3.05) is 6.61 Å². The lowest BCUT2D eigenvalue weighted by molar-refractivity contribution is -0.144. The first-order valence-electron chi connectivity index (χ1n) is 4.54. The van der Waals surface area contributed by atoms with E-state index in [2.05, 4.69) is 9.91 Å². The lowest BCUT2D eigenvalue weighted by Gasteiger charge is -2.09. The molecular weight excluding hydrogens is 220 g/mol. The third-order valence-corrected chi connectivity index (χ3v) is 1.89.